The molecule has 1 aliphatic carbocycles. The van der Waals surface area contributed by atoms with Gasteiger partial charge in [-0.05, 0) is 61.6 Å². The van der Waals surface area contributed by atoms with Gasteiger partial charge in [-0.25, -0.2) is 9.97 Å². The summed E-state index contributed by atoms with van der Waals surface area (Å²) in [6, 6.07) is 5.50. The lowest BCUT2D eigenvalue weighted by Gasteiger charge is -2.31. The molecule has 0 amide bonds. The van der Waals surface area contributed by atoms with Crippen molar-refractivity contribution in [1.82, 2.24) is 25.2 Å². The molecule has 34 heavy (non-hydrogen) atoms. The number of hydrogen-bond donors (Lipinski definition) is 3. The number of hydrogen-bond acceptors (Lipinski definition) is 9. The predicted molar refractivity (Wildman–Crippen MR) is 140 cm³/mol. The molecule has 178 valence electrons. The maximum atomic E-state index is 9.86. The normalized spacial score (nSPS) is 16.5. The molecule has 0 bridgehead atoms. The van der Waals surface area contributed by atoms with Crippen molar-refractivity contribution in [2.45, 2.75) is 26.7 Å². The number of aromatic hydroxyl groups is 1. The van der Waals surface area contributed by atoms with E-state index in [1.165, 1.54) is 21.7 Å². The standard InChI is InChI=1S/C25H31N7OS/c1-16-14-18(4-7-21(16)33)30-24-22-19-5-6-20(17(2)23(19)34-25(22)29-15-28-24)32(26-3)13-12-31-10-8-27-9-11-31/h4,7,14-15,27,33H,3,5-6,8-13H2,1-2H3,(H,28,29,30). The van der Waals surface area contributed by atoms with Crippen LogP contribution in [-0.2, 0) is 6.42 Å². The quantitative estimate of drug-likeness (QED) is 0.270. The predicted octanol–water partition coefficient (Wildman–Crippen LogP) is 3.95. The molecule has 5 rings (SSSR count). The lowest BCUT2D eigenvalue weighted by Crippen LogP contribution is -2.45. The van der Waals surface area contributed by atoms with Crippen molar-refractivity contribution in [3.63, 3.8) is 0 Å². The Bertz CT molecular complexity index is 1250. The van der Waals surface area contributed by atoms with Crippen molar-refractivity contribution in [3.05, 3.63) is 46.2 Å². The summed E-state index contributed by atoms with van der Waals surface area (Å²) < 4.78 is 0. The van der Waals surface area contributed by atoms with Crippen LogP contribution >= 0.6 is 11.3 Å². The van der Waals surface area contributed by atoms with Crippen molar-refractivity contribution in [2.24, 2.45) is 5.10 Å². The number of allylic oxidation sites excluding steroid dienone is 2. The van der Waals surface area contributed by atoms with E-state index in [0.717, 1.165) is 79.4 Å². The number of anilines is 2. The molecule has 0 saturated carbocycles. The maximum absolute atomic E-state index is 9.86. The lowest BCUT2D eigenvalue weighted by atomic mass is 9.94. The molecule has 2 aromatic heterocycles. The van der Waals surface area contributed by atoms with E-state index >= 15 is 0 Å². The summed E-state index contributed by atoms with van der Waals surface area (Å²) in [5.41, 5.74) is 5.52. The van der Waals surface area contributed by atoms with Crippen LogP contribution in [0.15, 0.2) is 35.3 Å². The maximum Gasteiger partial charge on any atom is 0.142 e. The number of phenols is 1. The van der Waals surface area contributed by atoms with E-state index in [-0.39, 0.29) is 5.75 Å². The molecule has 1 aromatic carbocycles. The first kappa shape index (κ1) is 22.8. The SMILES string of the molecule is C=NN(CCN1CCNCC1)C1=C(C)c2sc3ncnc(Nc4ccc(O)c(C)c4)c3c2CC1. The minimum Gasteiger partial charge on any atom is -0.508 e. The van der Waals surface area contributed by atoms with E-state index in [0.29, 0.717) is 0 Å². The summed E-state index contributed by atoms with van der Waals surface area (Å²) in [7, 11) is 0. The highest BCUT2D eigenvalue weighted by molar-refractivity contribution is 7.20. The van der Waals surface area contributed by atoms with Crippen molar-refractivity contribution in [2.75, 3.05) is 44.6 Å². The Kier molecular flexibility index (Phi) is 6.49. The molecular weight excluding hydrogens is 446 g/mol. The number of benzene rings is 1. The number of nitrogens with zero attached hydrogens (tertiary/aromatic N) is 5. The number of aromatic nitrogens is 2. The second-order valence-electron chi connectivity index (χ2n) is 8.87. The van der Waals surface area contributed by atoms with Crippen LogP contribution in [-0.4, -0.2) is 71.0 Å². The molecule has 0 radical (unpaired) electrons. The zero-order valence-corrected chi connectivity index (χ0v) is 20.6. The van der Waals surface area contributed by atoms with Gasteiger partial charge >= 0.3 is 0 Å². The number of thiophene rings is 1. The van der Waals surface area contributed by atoms with E-state index in [1.807, 2.05) is 19.1 Å². The fourth-order valence-electron chi connectivity index (χ4n) is 4.84. The third kappa shape index (κ3) is 4.38. The number of hydrazone groups is 1. The Labute approximate surface area is 204 Å². The Morgan fingerprint density at radius 3 is 2.82 bits per heavy atom. The topological polar surface area (TPSA) is 88.9 Å². The summed E-state index contributed by atoms with van der Waals surface area (Å²) >= 11 is 1.72. The fourth-order valence-corrected chi connectivity index (χ4v) is 6.06. The van der Waals surface area contributed by atoms with Crippen LogP contribution in [0.4, 0.5) is 11.5 Å². The molecule has 2 aliphatic rings. The third-order valence-corrected chi connectivity index (χ3v) is 8.01. The van der Waals surface area contributed by atoms with Gasteiger partial charge in [0, 0.05) is 55.7 Å². The third-order valence-electron chi connectivity index (χ3n) is 6.75. The van der Waals surface area contributed by atoms with Gasteiger partial charge < -0.3 is 15.7 Å². The number of nitrogens with one attached hydrogen (secondary N) is 2. The van der Waals surface area contributed by atoms with Crippen molar-refractivity contribution in [1.29, 1.82) is 0 Å². The second-order valence-corrected chi connectivity index (χ2v) is 9.87. The average Bonchev–Trinajstić information content (AvgIpc) is 3.24. The molecule has 1 saturated heterocycles. The molecule has 8 nitrogen and oxygen atoms in total. The zero-order valence-electron chi connectivity index (χ0n) is 19.8. The monoisotopic (exact) mass is 477 g/mol. The van der Waals surface area contributed by atoms with Gasteiger partial charge in [-0.1, -0.05) is 0 Å². The van der Waals surface area contributed by atoms with Crippen LogP contribution in [0, 0.1) is 6.92 Å². The van der Waals surface area contributed by atoms with Gasteiger partial charge in [-0.2, -0.15) is 5.10 Å². The molecule has 1 aliphatic heterocycles. The largest absolute Gasteiger partial charge is 0.508 e. The summed E-state index contributed by atoms with van der Waals surface area (Å²) in [4.78, 5) is 13.9. The molecular formula is C25H31N7OS. The first-order valence-electron chi connectivity index (χ1n) is 11.8. The van der Waals surface area contributed by atoms with Crippen molar-refractivity contribution >= 4 is 45.3 Å². The van der Waals surface area contributed by atoms with Crippen LogP contribution in [0.1, 0.15) is 29.3 Å². The van der Waals surface area contributed by atoms with Crippen LogP contribution in [0.5, 0.6) is 5.75 Å². The molecule has 3 heterocycles. The fraction of sp³-hybridized carbons (Fsp3) is 0.400. The number of phenolic OH excluding ortho intramolecular Hbond substituents is 1. The Hall–Kier alpha value is -3.01. The van der Waals surface area contributed by atoms with Gasteiger partial charge in [0.25, 0.3) is 0 Å². The molecule has 0 unspecified atom stereocenters. The highest BCUT2D eigenvalue weighted by atomic mass is 32.1. The molecule has 3 aromatic rings. The molecule has 3 N–H and O–H groups in total. The van der Waals surface area contributed by atoms with Gasteiger partial charge in [-0.3, -0.25) is 9.91 Å². The summed E-state index contributed by atoms with van der Waals surface area (Å²) in [6.07, 6.45) is 3.45. The Morgan fingerprint density at radius 1 is 1.24 bits per heavy atom. The van der Waals surface area contributed by atoms with E-state index in [1.54, 1.807) is 23.7 Å². The first-order chi connectivity index (χ1) is 16.5. The molecule has 9 heteroatoms. The molecule has 0 atom stereocenters. The second kappa shape index (κ2) is 9.69. The smallest absolute Gasteiger partial charge is 0.142 e. The van der Waals surface area contributed by atoms with Crippen LogP contribution in [0.25, 0.3) is 15.8 Å². The van der Waals surface area contributed by atoms with E-state index in [2.05, 4.69) is 49.3 Å². The lowest BCUT2D eigenvalue weighted by molar-refractivity contribution is 0.209. The number of aryl methyl sites for hydroxylation is 2. The van der Waals surface area contributed by atoms with Crippen LogP contribution in [0.3, 0.4) is 0 Å². The Morgan fingerprint density at radius 2 is 2.06 bits per heavy atom. The number of piperazine rings is 1. The van der Waals surface area contributed by atoms with Gasteiger partial charge in [-0.15, -0.1) is 11.3 Å². The van der Waals surface area contributed by atoms with Gasteiger partial charge in [0.2, 0.25) is 0 Å². The number of fused-ring (bicyclic) bond motifs is 3. The van der Waals surface area contributed by atoms with E-state index in [9.17, 15) is 5.11 Å². The van der Waals surface area contributed by atoms with Crippen molar-refractivity contribution in [3.8, 4) is 5.75 Å². The summed E-state index contributed by atoms with van der Waals surface area (Å²) in [6.45, 7) is 14.1. The number of rotatable bonds is 7. The van der Waals surface area contributed by atoms with Gasteiger partial charge in [0.15, 0.2) is 0 Å². The highest BCUT2D eigenvalue weighted by Crippen LogP contribution is 2.44. The van der Waals surface area contributed by atoms with Gasteiger partial charge in [0.05, 0.1) is 11.9 Å². The minimum absolute atomic E-state index is 0.289. The van der Waals surface area contributed by atoms with Gasteiger partial charge in [0.1, 0.15) is 22.7 Å². The van der Waals surface area contributed by atoms with E-state index in [4.69, 9.17) is 0 Å². The first-order valence-corrected chi connectivity index (χ1v) is 12.6. The summed E-state index contributed by atoms with van der Waals surface area (Å²) in [5.74, 6) is 1.10. The Balaban J connectivity index is 1.44. The molecule has 1 fully saturated rings. The average molecular weight is 478 g/mol. The van der Waals surface area contributed by atoms with Crippen molar-refractivity contribution < 1.29 is 5.11 Å². The zero-order chi connectivity index (χ0) is 23.7. The van der Waals surface area contributed by atoms with Crippen LogP contribution in [0.2, 0.25) is 0 Å². The minimum atomic E-state index is 0.289. The van der Waals surface area contributed by atoms with Crippen LogP contribution < -0.4 is 10.6 Å². The highest BCUT2D eigenvalue weighted by Gasteiger charge is 2.26. The van der Waals surface area contributed by atoms with E-state index < -0.39 is 0 Å². The molecule has 0 spiro atoms. The summed E-state index contributed by atoms with van der Waals surface area (Å²) in [5, 5.41) is 24.3.